The number of nitrogens with one attached hydrogen (secondary N) is 1. The molecule has 1 amide bonds. The van der Waals surface area contributed by atoms with E-state index < -0.39 is 34.3 Å². The van der Waals surface area contributed by atoms with Gasteiger partial charge < -0.3 is 10.4 Å². The Labute approximate surface area is 147 Å². The van der Waals surface area contributed by atoms with Crippen LogP contribution >= 0.6 is 11.8 Å². The normalized spacial score (nSPS) is 22.7. The molecule has 0 radical (unpaired) electrons. The summed E-state index contributed by atoms with van der Waals surface area (Å²) in [5, 5.41) is 12.4. The Balaban J connectivity index is 2.06. The van der Waals surface area contributed by atoms with Gasteiger partial charge in [-0.2, -0.15) is 0 Å². The number of hydrogen-bond donors (Lipinski definition) is 2. The molecular weight excluding hydrogens is 348 g/mol. The Kier molecular flexibility index (Phi) is 4.51. The number of carboxylic acids is 1. The van der Waals surface area contributed by atoms with Crippen molar-refractivity contribution in [3.8, 4) is 0 Å². The number of hydrogen-bond acceptors (Lipinski definition) is 3. The molecule has 1 saturated heterocycles. The fraction of sp³-hybridized carbons (Fsp3) is 0.222. The highest BCUT2D eigenvalue weighted by Gasteiger charge is 2.54. The maximum Gasteiger partial charge on any atom is 0.323 e. The third-order valence-electron chi connectivity index (χ3n) is 4.10. The summed E-state index contributed by atoms with van der Waals surface area (Å²) in [4.78, 5) is 24.7. The van der Waals surface area contributed by atoms with Gasteiger partial charge in [0.1, 0.15) is 11.6 Å². The molecule has 25 heavy (non-hydrogen) atoms. The number of thioether (sulfide) groups is 1. The van der Waals surface area contributed by atoms with E-state index in [0.29, 0.717) is 11.0 Å². The van der Waals surface area contributed by atoms with Gasteiger partial charge in [0.2, 0.25) is 5.91 Å². The molecule has 2 aromatic rings. The highest BCUT2D eigenvalue weighted by molar-refractivity contribution is 8.01. The quantitative estimate of drug-likeness (QED) is 0.873. The number of carbonyl (C=O) groups is 2. The lowest BCUT2D eigenvalue weighted by molar-refractivity contribution is -0.140. The van der Waals surface area contributed by atoms with Crippen molar-refractivity contribution in [2.45, 2.75) is 29.0 Å². The molecule has 4 nitrogen and oxygen atoms in total. The fourth-order valence-electron chi connectivity index (χ4n) is 2.92. The third kappa shape index (κ3) is 3.37. The minimum atomic E-state index is -1.59. The predicted molar refractivity (Wildman–Crippen MR) is 89.3 cm³/mol. The first kappa shape index (κ1) is 17.4. The van der Waals surface area contributed by atoms with Crippen molar-refractivity contribution in [3.63, 3.8) is 0 Å². The molecule has 2 aromatic carbocycles. The van der Waals surface area contributed by atoms with Gasteiger partial charge in [-0.15, -0.1) is 11.8 Å². The summed E-state index contributed by atoms with van der Waals surface area (Å²) in [7, 11) is 0. The Morgan fingerprint density at radius 1 is 1.20 bits per heavy atom. The zero-order valence-corrected chi connectivity index (χ0v) is 14.1. The molecule has 3 rings (SSSR count). The number of halogens is 2. The van der Waals surface area contributed by atoms with Crippen LogP contribution in [0.3, 0.4) is 0 Å². The van der Waals surface area contributed by atoms with Crippen molar-refractivity contribution in [2.75, 3.05) is 0 Å². The van der Waals surface area contributed by atoms with Gasteiger partial charge in [0.25, 0.3) is 0 Å². The molecule has 7 heteroatoms. The van der Waals surface area contributed by atoms with Gasteiger partial charge in [0, 0.05) is 11.0 Å². The van der Waals surface area contributed by atoms with Gasteiger partial charge in [-0.25, -0.2) is 8.78 Å². The van der Waals surface area contributed by atoms with Crippen LogP contribution in [-0.2, 0) is 9.59 Å². The lowest BCUT2D eigenvalue weighted by atomic mass is 9.93. The second-order valence-corrected chi connectivity index (χ2v) is 7.39. The zero-order chi connectivity index (χ0) is 18.2. The largest absolute Gasteiger partial charge is 0.480 e. The van der Waals surface area contributed by atoms with Gasteiger partial charge in [-0.3, -0.25) is 9.59 Å². The van der Waals surface area contributed by atoms with E-state index in [9.17, 15) is 23.5 Å². The molecule has 0 spiro atoms. The molecule has 0 aromatic heterocycles. The fourth-order valence-corrected chi connectivity index (χ4v) is 4.21. The standard InChI is InChI=1S/C18H15F2NO3S/c1-10-2-4-14(5-3-10)25-18(17(23)24)9-15(22)21-16(18)11-6-12(19)8-13(20)7-11/h2-8,16H,9H2,1H3,(H,21,22)(H,23,24)/t16-,18-/m1/s1. The SMILES string of the molecule is Cc1ccc(S[C@]2(C(=O)O)CC(=O)N[C@@H]2c2cc(F)cc(F)c2)cc1. The Morgan fingerprint density at radius 3 is 2.36 bits per heavy atom. The lowest BCUT2D eigenvalue weighted by Gasteiger charge is -2.29. The topological polar surface area (TPSA) is 66.4 Å². The summed E-state index contributed by atoms with van der Waals surface area (Å²) in [5.41, 5.74) is 1.10. The molecule has 130 valence electrons. The Morgan fingerprint density at radius 2 is 1.80 bits per heavy atom. The monoisotopic (exact) mass is 363 g/mol. The van der Waals surface area contributed by atoms with Crippen LogP contribution in [0.1, 0.15) is 23.6 Å². The molecule has 0 bridgehead atoms. The number of carboxylic acid groups (broad SMARTS) is 1. The zero-order valence-electron chi connectivity index (χ0n) is 13.3. The first-order valence-electron chi connectivity index (χ1n) is 7.54. The summed E-state index contributed by atoms with van der Waals surface area (Å²) in [6.07, 6.45) is -0.288. The van der Waals surface area contributed by atoms with Crippen LogP contribution < -0.4 is 5.32 Å². The van der Waals surface area contributed by atoms with E-state index in [-0.39, 0.29) is 12.0 Å². The van der Waals surface area contributed by atoms with Gasteiger partial charge in [0.05, 0.1) is 12.5 Å². The average Bonchev–Trinajstić information content (AvgIpc) is 2.86. The summed E-state index contributed by atoms with van der Waals surface area (Å²) >= 11 is 1.01. The van der Waals surface area contributed by atoms with Gasteiger partial charge >= 0.3 is 5.97 Å². The highest BCUT2D eigenvalue weighted by atomic mass is 32.2. The number of aryl methyl sites for hydroxylation is 1. The van der Waals surface area contributed by atoms with Gasteiger partial charge in [-0.05, 0) is 36.8 Å². The van der Waals surface area contributed by atoms with Crippen LogP contribution in [0.5, 0.6) is 0 Å². The maximum absolute atomic E-state index is 13.6. The third-order valence-corrected chi connectivity index (χ3v) is 5.52. The van der Waals surface area contributed by atoms with Crippen LogP contribution in [0.4, 0.5) is 8.78 Å². The summed E-state index contributed by atoms with van der Waals surface area (Å²) in [6.45, 7) is 1.90. The van der Waals surface area contributed by atoms with Crippen LogP contribution in [0.2, 0.25) is 0 Å². The molecular formula is C18H15F2NO3S. The van der Waals surface area contributed by atoms with E-state index in [1.807, 2.05) is 19.1 Å². The van der Waals surface area contributed by atoms with Crippen LogP contribution in [0.15, 0.2) is 47.4 Å². The lowest BCUT2D eigenvalue weighted by Crippen LogP contribution is -2.40. The van der Waals surface area contributed by atoms with E-state index in [0.717, 1.165) is 29.5 Å². The summed E-state index contributed by atoms with van der Waals surface area (Å²) in [5.74, 6) is -3.34. The maximum atomic E-state index is 13.6. The summed E-state index contributed by atoms with van der Waals surface area (Å²) < 4.78 is 25.6. The molecule has 1 aliphatic heterocycles. The van der Waals surface area contributed by atoms with Gasteiger partial charge in [-0.1, -0.05) is 17.7 Å². The highest BCUT2D eigenvalue weighted by Crippen LogP contribution is 2.48. The van der Waals surface area contributed by atoms with Crippen LogP contribution in [-0.4, -0.2) is 21.7 Å². The van der Waals surface area contributed by atoms with Crippen molar-refractivity contribution >= 4 is 23.6 Å². The minimum absolute atomic E-state index is 0.0883. The van der Waals surface area contributed by atoms with Crippen molar-refractivity contribution in [1.29, 1.82) is 0 Å². The minimum Gasteiger partial charge on any atom is -0.480 e. The molecule has 0 saturated carbocycles. The van der Waals surface area contributed by atoms with Crippen molar-refractivity contribution in [2.24, 2.45) is 0 Å². The molecule has 1 fully saturated rings. The van der Waals surface area contributed by atoms with E-state index in [4.69, 9.17) is 0 Å². The van der Waals surface area contributed by atoms with E-state index in [1.165, 1.54) is 0 Å². The number of rotatable bonds is 4. The van der Waals surface area contributed by atoms with E-state index in [1.54, 1.807) is 12.1 Å². The second-order valence-electron chi connectivity index (χ2n) is 5.99. The first-order valence-corrected chi connectivity index (χ1v) is 8.36. The Bertz CT molecular complexity index is 820. The average molecular weight is 363 g/mol. The second kappa shape index (κ2) is 6.48. The van der Waals surface area contributed by atoms with Crippen molar-refractivity contribution in [3.05, 3.63) is 65.2 Å². The molecule has 2 N–H and O–H groups in total. The molecule has 1 heterocycles. The van der Waals surface area contributed by atoms with E-state index >= 15 is 0 Å². The van der Waals surface area contributed by atoms with Crippen LogP contribution in [0, 0.1) is 18.6 Å². The first-order chi connectivity index (χ1) is 11.8. The molecule has 0 unspecified atom stereocenters. The number of carbonyl (C=O) groups excluding carboxylic acids is 1. The molecule has 0 aliphatic carbocycles. The Hall–Kier alpha value is -2.41. The van der Waals surface area contributed by atoms with Crippen molar-refractivity contribution in [1.82, 2.24) is 5.32 Å². The number of benzene rings is 2. The summed E-state index contributed by atoms with van der Waals surface area (Å²) in [6, 6.07) is 8.94. The number of amides is 1. The van der Waals surface area contributed by atoms with Crippen molar-refractivity contribution < 1.29 is 23.5 Å². The molecule has 2 atom stereocenters. The van der Waals surface area contributed by atoms with E-state index in [2.05, 4.69) is 5.32 Å². The van der Waals surface area contributed by atoms with Gasteiger partial charge in [0.15, 0.2) is 4.75 Å². The molecule has 1 aliphatic rings. The smallest absolute Gasteiger partial charge is 0.323 e. The predicted octanol–water partition coefficient (Wildman–Crippen LogP) is 3.45. The van der Waals surface area contributed by atoms with Crippen LogP contribution in [0.25, 0.3) is 0 Å². The number of aliphatic carboxylic acids is 1.